The quantitative estimate of drug-likeness (QED) is 0.268. The van der Waals surface area contributed by atoms with Crippen LogP contribution in [0.15, 0.2) is 24.4 Å². The molecule has 1 amide bonds. The van der Waals surface area contributed by atoms with Crippen LogP contribution >= 0.6 is 0 Å². The van der Waals surface area contributed by atoms with Gasteiger partial charge in [0.25, 0.3) is 5.91 Å². The van der Waals surface area contributed by atoms with Crippen LogP contribution in [-0.4, -0.2) is 27.0 Å². The Morgan fingerprint density at radius 2 is 2.12 bits per heavy atom. The Balaban J connectivity index is 2.25. The Morgan fingerprint density at radius 1 is 1.32 bits per heavy atom. The van der Waals surface area contributed by atoms with E-state index in [1.165, 1.54) is 24.6 Å². The van der Waals surface area contributed by atoms with Gasteiger partial charge in [-0.15, -0.1) is 0 Å². The zero-order chi connectivity index (χ0) is 18.1. The van der Waals surface area contributed by atoms with Crippen molar-refractivity contribution in [2.75, 3.05) is 6.54 Å². The lowest BCUT2D eigenvalue weighted by Crippen LogP contribution is -2.17. The number of aryl methyl sites for hydroxylation is 1. The van der Waals surface area contributed by atoms with E-state index in [1.807, 2.05) is 18.3 Å². The van der Waals surface area contributed by atoms with Crippen molar-refractivity contribution in [1.29, 1.82) is 0 Å². The van der Waals surface area contributed by atoms with E-state index in [0.717, 1.165) is 49.3 Å². The fourth-order valence-corrected chi connectivity index (χ4v) is 2.71. The van der Waals surface area contributed by atoms with Gasteiger partial charge in [0.05, 0.1) is 11.4 Å². The number of aromatic nitrogens is 2. The molecule has 6 heteroatoms. The number of carbonyl (C=O) groups excluding carboxylic acids is 1. The Labute approximate surface area is 148 Å². The van der Waals surface area contributed by atoms with Gasteiger partial charge in [-0.25, -0.2) is 10.5 Å². The Kier molecular flexibility index (Phi) is 7.63. The van der Waals surface area contributed by atoms with Gasteiger partial charge in [0, 0.05) is 18.8 Å². The number of hydrogen-bond donors (Lipinski definition) is 3. The third kappa shape index (κ3) is 5.41. The number of fused-ring (bicyclic) bond motifs is 1. The second-order valence-electron chi connectivity index (χ2n) is 6.14. The molecular weight excluding hydrogens is 316 g/mol. The molecule has 136 valence electrons. The average Bonchev–Trinajstić information content (AvgIpc) is 2.98. The summed E-state index contributed by atoms with van der Waals surface area (Å²) in [5.74, 6) is -0.548. The first-order valence-corrected chi connectivity index (χ1v) is 9.02. The number of pyridine rings is 1. The van der Waals surface area contributed by atoms with E-state index in [1.54, 1.807) is 11.6 Å². The van der Waals surface area contributed by atoms with Crippen LogP contribution in [-0.2, 0) is 17.8 Å². The first-order chi connectivity index (χ1) is 12.2. The van der Waals surface area contributed by atoms with E-state index in [-0.39, 0.29) is 0 Å². The molecule has 25 heavy (non-hydrogen) atoms. The number of imidazole rings is 1. The molecule has 2 rings (SSSR count). The van der Waals surface area contributed by atoms with Crippen molar-refractivity contribution in [1.82, 2.24) is 20.2 Å². The smallest absolute Gasteiger partial charge is 0.267 e. The van der Waals surface area contributed by atoms with Crippen molar-refractivity contribution in [3.63, 3.8) is 0 Å². The van der Waals surface area contributed by atoms with Crippen molar-refractivity contribution < 1.29 is 10.0 Å². The highest BCUT2D eigenvalue weighted by molar-refractivity contribution is 5.90. The molecule has 0 aromatic carbocycles. The molecule has 3 N–H and O–H groups in total. The first kappa shape index (κ1) is 19.1. The van der Waals surface area contributed by atoms with Gasteiger partial charge in [0.2, 0.25) is 0 Å². The van der Waals surface area contributed by atoms with Crippen molar-refractivity contribution in [2.45, 2.75) is 52.5 Å². The predicted molar refractivity (Wildman–Crippen MR) is 99.4 cm³/mol. The number of amides is 1. The molecule has 0 unspecified atom stereocenters. The Bertz CT molecular complexity index is 722. The van der Waals surface area contributed by atoms with Gasteiger partial charge in [-0.3, -0.25) is 10.0 Å². The van der Waals surface area contributed by atoms with Crippen LogP contribution in [0, 0.1) is 0 Å². The van der Waals surface area contributed by atoms with Crippen molar-refractivity contribution in [3.05, 3.63) is 41.4 Å². The molecule has 0 spiro atoms. The lowest BCUT2D eigenvalue weighted by molar-refractivity contribution is -0.124. The number of nitrogens with zero attached hydrogens (tertiary/aromatic N) is 2. The third-order valence-electron chi connectivity index (χ3n) is 4.14. The molecule has 0 aliphatic heterocycles. The highest BCUT2D eigenvalue weighted by Crippen LogP contribution is 2.17. The normalized spacial score (nSPS) is 11.5. The largest absolute Gasteiger partial charge is 0.311 e. The minimum absolute atomic E-state index is 0.548. The van der Waals surface area contributed by atoms with Crippen LogP contribution in [0.5, 0.6) is 0 Å². The predicted octanol–water partition coefficient (Wildman–Crippen LogP) is 3.09. The van der Waals surface area contributed by atoms with Crippen molar-refractivity contribution in [2.24, 2.45) is 0 Å². The highest BCUT2D eigenvalue weighted by atomic mass is 16.5. The second-order valence-corrected chi connectivity index (χ2v) is 6.14. The minimum atomic E-state index is -0.548. The van der Waals surface area contributed by atoms with Crippen LogP contribution in [0.1, 0.15) is 56.5 Å². The average molecular weight is 344 g/mol. The number of carbonyl (C=O) groups is 1. The molecule has 0 aliphatic rings. The van der Waals surface area contributed by atoms with Gasteiger partial charge >= 0.3 is 0 Å². The summed E-state index contributed by atoms with van der Waals surface area (Å²) in [7, 11) is 0. The Morgan fingerprint density at radius 3 is 2.84 bits per heavy atom. The fourth-order valence-electron chi connectivity index (χ4n) is 2.71. The topological polar surface area (TPSA) is 78.7 Å². The molecular formula is C19H28N4O2. The number of hydrogen-bond acceptors (Lipinski definition) is 4. The number of rotatable bonds is 10. The summed E-state index contributed by atoms with van der Waals surface area (Å²) in [4.78, 5) is 15.9. The van der Waals surface area contributed by atoms with Gasteiger partial charge in [-0.05, 0) is 49.6 Å². The van der Waals surface area contributed by atoms with Crippen molar-refractivity contribution in [3.8, 4) is 0 Å². The van der Waals surface area contributed by atoms with E-state index in [0.29, 0.717) is 0 Å². The van der Waals surface area contributed by atoms with E-state index in [9.17, 15) is 4.79 Å². The lowest BCUT2D eigenvalue weighted by atomic mass is 10.1. The third-order valence-corrected chi connectivity index (χ3v) is 4.14. The van der Waals surface area contributed by atoms with Crippen LogP contribution in [0.3, 0.4) is 0 Å². The van der Waals surface area contributed by atoms with Gasteiger partial charge in [-0.2, -0.15) is 0 Å². The van der Waals surface area contributed by atoms with E-state index >= 15 is 0 Å². The van der Waals surface area contributed by atoms with Gasteiger partial charge in [-0.1, -0.05) is 26.7 Å². The van der Waals surface area contributed by atoms with Gasteiger partial charge in [0.15, 0.2) is 0 Å². The summed E-state index contributed by atoms with van der Waals surface area (Å²) in [5.41, 5.74) is 5.69. The Hall–Kier alpha value is -2.18. The maximum Gasteiger partial charge on any atom is 0.267 e. The summed E-state index contributed by atoms with van der Waals surface area (Å²) in [6.07, 6.45) is 10.5. The van der Waals surface area contributed by atoms with E-state index in [4.69, 9.17) is 10.2 Å². The molecule has 0 aliphatic carbocycles. The SMILES string of the molecule is CCCCNCc1c(CCCC)nc2cc(/C=C/C(=O)NO)ccn12. The van der Waals surface area contributed by atoms with Crippen LogP contribution in [0.4, 0.5) is 0 Å². The summed E-state index contributed by atoms with van der Waals surface area (Å²) < 4.78 is 2.12. The van der Waals surface area contributed by atoms with Crippen LogP contribution in [0.2, 0.25) is 0 Å². The molecule has 0 fully saturated rings. The number of unbranched alkanes of at least 4 members (excludes halogenated alkanes) is 2. The molecule has 0 saturated carbocycles. The molecule has 2 aromatic rings. The highest BCUT2D eigenvalue weighted by Gasteiger charge is 2.11. The fraction of sp³-hybridized carbons (Fsp3) is 0.474. The van der Waals surface area contributed by atoms with Gasteiger partial charge < -0.3 is 9.72 Å². The van der Waals surface area contributed by atoms with E-state index in [2.05, 4.69) is 23.6 Å². The molecule has 0 radical (unpaired) electrons. The zero-order valence-corrected chi connectivity index (χ0v) is 15.1. The summed E-state index contributed by atoms with van der Waals surface area (Å²) in [5, 5.41) is 12.1. The summed E-state index contributed by atoms with van der Waals surface area (Å²) in [6, 6.07) is 3.89. The maximum absolute atomic E-state index is 11.1. The van der Waals surface area contributed by atoms with Crippen LogP contribution in [0.25, 0.3) is 11.7 Å². The van der Waals surface area contributed by atoms with Crippen molar-refractivity contribution >= 4 is 17.6 Å². The summed E-state index contributed by atoms with van der Waals surface area (Å²) in [6.45, 7) is 6.19. The molecule has 2 aromatic heterocycles. The van der Waals surface area contributed by atoms with Crippen LogP contribution < -0.4 is 10.8 Å². The number of hydroxylamine groups is 1. The summed E-state index contributed by atoms with van der Waals surface area (Å²) >= 11 is 0. The van der Waals surface area contributed by atoms with E-state index < -0.39 is 5.91 Å². The molecule has 0 saturated heterocycles. The first-order valence-electron chi connectivity index (χ1n) is 9.02. The standard InChI is InChI=1S/C19H28N4O2/c1-3-5-7-16-17(14-20-11-6-4-2)23-12-10-15(13-18(23)21-16)8-9-19(24)22-25/h8-10,12-13,20,25H,3-7,11,14H2,1-2H3,(H,22,24)/b9-8+. The lowest BCUT2D eigenvalue weighted by Gasteiger charge is -2.07. The van der Waals surface area contributed by atoms with Gasteiger partial charge in [0.1, 0.15) is 5.65 Å². The number of nitrogens with one attached hydrogen (secondary N) is 2. The monoisotopic (exact) mass is 344 g/mol. The second kappa shape index (κ2) is 9.96. The molecule has 2 heterocycles. The molecule has 0 bridgehead atoms. The molecule has 0 atom stereocenters. The molecule has 6 nitrogen and oxygen atoms in total. The zero-order valence-electron chi connectivity index (χ0n) is 15.1. The minimum Gasteiger partial charge on any atom is -0.311 e. The maximum atomic E-state index is 11.1.